The fourth-order valence-corrected chi connectivity index (χ4v) is 5.19. The Balaban J connectivity index is 1.32. The van der Waals surface area contributed by atoms with Crippen molar-refractivity contribution in [3.63, 3.8) is 0 Å². The molecule has 4 heteroatoms. The number of aromatic nitrogens is 2. The Kier molecular flexibility index (Phi) is 4.70. The van der Waals surface area contributed by atoms with E-state index >= 15 is 0 Å². The smallest absolute Gasteiger partial charge is 0.140 e. The van der Waals surface area contributed by atoms with Gasteiger partial charge in [-0.05, 0) is 64.7 Å². The maximum absolute atomic E-state index is 9.18. The first kappa shape index (κ1) is 21.2. The predicted octanol–water partition coefficient (Wildman–Crippen LogP) is 8.35. The zero-order valence-electron chi connectivity index (χ0n) is 20.1. The molecule has 0 atom stereocenters. The minimum Gasteiger partial charge on any atom is -0.456 e. The van der Waals surface area contributed by atoms with Gasteiger partial charge in [-0.15, -0.1) is 0 Å². The largest absolute Gasteiger partial charge is 0.456 e. The van der Waals surface area contributed by atoms with E-state index in [0.29, 0.717) is 5.56 Å². The minimum atomic E-state index is 0.650. The van der Waals surface area contributed by atoms with Crippen molar-refractivity contribution in [3.8, 4) is 39.7 Å². The normalized spacial score (nSPS) is 11.4. The van der Waals surface area contributed by atoms with Crippen LogP contribution in [-0.2, 0) is 7.05 Å². The number of imidazole rings is 1. The number of rotatable bonds is 3. The zero-order chi connectivity index (χ0) is 24.9. The molecular weight excluding hydrogens is 454 g/mol. The number of aryl methyl sites for hydroxylation is 1. The topological polar surface area (TPSA) is 54.8 Å². The number of nitriles is 1. The molecule has 2 aromatic heterocycles. The highest BCUT2D eigenvalue weighted by Gasteiger charge is 2.14. The molecule has 0 unspecified atom stereocenters. The number of benzene rings is 5. The van der Waals surface area contributed by atoms with Gasteiger partial charge in [0, 0.05) is 23.4 Å². The van der Waals surface area contributed by atoms with Gasteiger partial charge in [-0.25, -0.2) is 4.98 Å². The van der Waals surface area contributed by atoms with Gasteiger partial charge < -0.3 is 8.98 Å². The molecule has 7 rings (SSSR count). The first-order valence-electron chi connectivity index (χ1n) is 12.2. The summed E-state index contributed by atoms with van der Waals surface area (Å²) in [6.07, 6.45) is 0. The van der Waals surface area contributed by atoms with Crippen LogP contribution in [0.15, 0.2) is 114 Å². The first-order chi connectivity index (χ1) is 18.2. The summed E-state index contributed by atoms with van der Waals surface area (Å²) in [5, 5.41) is 11.3. The first-order valence-corrected chi connectivity index (χ1v) is 12.2. The van der Waals surface area contributed by atoms with Gasteiger partial charge in [-0.2, -0.15) is 5.26 Å². The van der Waals surface area contributed by atoms with E-state index in [1.807, 2.05) is 60.7 Å². The van der Waals surface area contributed by atoms with Crippen molar-refractivity contribution in [2.24, 2.45) is 7.05 Å². The standard InChI is InChI=1S/C33H21N3O/c1-36-29-7-3-2-6-28(29)35-33(36)24-15-13-22(14-16-24)25-17-18-30-27(19-25)32-26(5-4-8-31(32)37-30)23-11-9-21(20-34)10-12-23/h2-19H,1H3. The zero-order valence-corrected chi connectivity index (χ0v) is 20.1. The molecule has 0 N–H and O–H groups in total. The summed E-state index contributed by atoms with van der Waals surface area (Å²) < 4.78 is 8.34. The van der Waals surface area contributed by atoms with Crippen molar-refractivity contribution in [2.45, 2.75) is 0 Å². The van der Waals surface area contributed by atoms with Crippen LogP contribution in [0.4, 0.5) is 0 Å². The Morgan fingerprint density at radius 1 is 0.703 bits per heavy atom. The lowest BCUT2D eigenvalue weighted by atomic mass is 9.96. The molecule has 2 heterocycles. The minimum absolute atomic E-state index is 0.650. The number of furan rings is 1. The van der Waals surface area contributed by atoms with Crippen LogP contribution in [0.3, 0.4) is 0 Å². The summed E-state index contributed by atoms with van der Waals surface area (Å²) in [6.45, 7) is 0. The molecule has 0 spiro atoms. The molecular formula is C33H21N3O. The summed E-state index contributed by atoms with van der Waals surface area (Å²) in [5.74, 6) is 0.955. The summed E-state index contributed by atoms with van der Waals surface area (Å²) in [5.41, 5.74) is 9.98. The fraction of sp³-hybridized carbons (Fsp3) is 0.0303. The number of para-hydroxylation sites is 2. The second kappa shape index (κ2) is 8.22. The van der Waals surface area contributed by atoms with E-state index in [1.165, 1.54) is 0 Å². The summed E-state index contributed by atoms with van der Waals surface area (Å²) >= 11 is 0. The van der Waals surface area contributed by atoms with Crippen LogP contribution in [-0.4, -0.2) is 9.55 Å². The van der Waals surface area contributed by atoms with Crippen LogP contribution >= 0.6 is 0 Å². The molecule has 0 saturated carbocycles. The van der Waals surface area contributed by atoms with Crippen LogP contribution in [0.1, 0.15) is 5.56 Å². The molecule has 0 fully saturated rings. The SMILES string of the molecule is Cn1c(-c2ccc(-c3ccc4oc5cccc(-c6ccc(C#N)cc6)c5c4c3)cc2)nc2ccccc21. The van der Waals surface area contributed by atoms with Crippen LogP contribution in [0, 0.1) is 11.3 Å². The van der Waals surface area contributed by atoms with E-state index in [1.54, 1.807) is 0 Å². The molecule has 0 bridgehead atoms. The lowest BCUT2D eigenvalue weighted by Gasteiger charge is -2.07. The van der Waals surface area contributed by atoms with Crippen molar-refractivity contribution >= 4 is 33.0 Å². The molecule has 5 aromatic carbocycles. The molecule has 4 nitrogen and oxygen atoms in total. The lowest BCUT2D eigenvalue weighted by Crippen LogP contribution is -1.92. The quantitative estimate of drug-likeness (QED) is 0.258. The van der Waals surface area contributed by atoms with Crippen LogP contribution in [0.2, 0.25) is 0 Å². The Morgan fingerprint density at radius 3 is 2.22 bits per heavy atom. The van der Waals surface area contributed by atoms with Crippen molar-refractivity contribution in [2.75, 3.05) is 0 Å². The highest BCUT2D eigenvalue weighted by molar-refractivity contribution is 6.13. The highest BCUT2D eigenvalue weighted by Crippen LogP contribution is 2.38. The lowest BCUT2D eigenvalue weighted by molar-refractivity contribution is 0.669. The van der Waals surface area contributed by atoms with Gasteiger partial charge in [0.25, 0.3) is 0 Å². The Labute approximate surface area is 213 Å². The van der Waals surface area contributed by atoms with Gasteiger partial charge in [0.15, 0.2) is 0 Å². The maximum atomic E-state index is 9.18. The number of hydrogen-bond acceptors (Lipinski definition) is 3. The fourth-order valence-electron chi connectivity index (χ4n) is 5.19. The summed E-state index contributed by atoms with van der Waals surface area (Å²) in [4.78, 5) is 4.84. The summed E-state index contributed by atoms with van der Waals surface area (Å²) in [7, 11) is 2.06. The van der Waals surface area contributed by atoms with E-state index in [-0.39, 0.29) is 0 Å². The highest BCUT2D eigenvalue weighted by atomic mass is 16.3. The molecule has 0 saturated heterocycles. The average Bonchev–Trinajstić information content (AvgIpc) is 3.50. The molecule has 0 aliphatic carbocycles. The van der Waals surface area contributed by atoms with Gasteiger partial charge in [0.05, 0.1) is 22.7 Å². The van der Waals surface area contributed by atoms with Crippen molar-refractivity contribution < 1.29 is 4.42 Å². The van der Waals surface area contributed by atoms with Crippen molar-refractivity contribution in [1.82, 2.24) is 9.55 Å². The molecule has 0 amide bonds. The Bertz CT molecular complexity index is 1990. The van der Waals surface area contributed by atoms with Gasteiger partial charge in [-0.3, -0.25) is 0 Å². The second-order valence-corrected chi connectivity index (χ2v) is 9.24. The van der Waals surface area contributed by atoms with E-state index in [9.17, 15) is 5.26 Å². The summed E-state index contributed by atoms with van der Waals surface area (Å²) in [6, 6.07) is 39.2. The molecule has 0 aliphatic rings. The number of fused-ring (bicyclic) bond motifs is 4. The van der Waals surface area contributed by atoms with E-state index in [0.717, 1.165) is 66.6 Å². The van der Waals surface area contributed by atoms with Crippen LogP contribution < -0.4 is 0 Å². The van der Waals surface area contributed by atoms with E-state index < -0.39 is 0 Å². The average molecular weight is 476 g/mol. The number of nitrogens with zero attached hydrogens (tertiary/aromatic N) is 3. The predicted molar refractivity (Wildman–Crippen MR) is 149 cm³/mol. The van der Waals surface area contributed by atoms with Crippen LogP contribution in [0.5, 0.6) is 0 Å². The van der Waals surface area contributed by atoms with Crippen molar-refractivity contribution in [1.29, 1.82) is 5.26 Å². The Morgan fingerprint density at radius 2 is 1.43 bits per heavy atom. The monoisotopic (exact) mass is 475 g/mol. The van der Waals surface area contributed by atoms with E-state index in [4.69, 9.17) is 9.40 Å². The molecule has 0 radical (unpaired) electrons. The van der Waals surface area contributed by atoms with Gasteiger partial charge in [0.2, 0.25) is 0 Å². The number of hydrogen-bond donors (Lipinski definition) is 0. The third-order valence-electron chi connectivity index (χ3n) is 7.08. The molecule has 0 aliphatic heterocycles. The van der Waals surface area contributed by atoms with Crippen LogP contribution in [0.25, 0.3) is 66.6 Å². The van der Waals surface area contributed by atoms with Gasteiger partial charge >= 0.3 is 0 Å². The molecule has 7 aromatic rings. The third-order valence-corrected chi connectivity index (χ3v) is 7.08. The molecule has 37 heavy (non-hydrogen) atoms. The maximum Gasteiger partial charge on any atom is 0.140 e. The second-order valence-electron chi connectivity index (χ2n) is 9.24. The van der Waals surface area contributed by atoms with Gasteiger partial charge in [0.1, 0.15) is 17.0 Å². The van der Waals surface area contributed by atoms with Gasteiger partial charge in [-0.1, -0.05) is 66.7 Å². The third kappa shape index (κ3) is 3.41. The Hall–Kier alpha value is -5.14. The van der Waals surface area contributed by atoms with E-state index in [2.05, 4.69) is 66.2 Å². The van der Waals surface area contributed by atoms with Crippen molar-refractivity contribution in [3.05, 3.63) is 115 Å². The molecule has 174 valence electrons.